The fraction of sp³-hybridized carbons (Fsp3) is 0.842. The molecule has 0 saturated heterocycles. The quantitative estimate of drug-likeness (QED) is 0.708. The van der Waals surface area contributed by atoms with Crippen LogP contribution in [0, 0.1) is 5.92 Å². The third-order valence-corrected chi connectivity index (χ3v) is 4.70. The zero-order valence-corrected chi connectivity index (χ0v) is 15.8. The van der Waals surface area contributed by atoms with Crippen molar-refractivity contribution in [1.82, 2.24) is 10.1 Å². The predicted octanol–water partition coefficient (Wildman–Crippen LogP) is 4.13. The van der Waals surface area contributed by atoms with E-state index in [1.807, 2.05) is 20.8 Å². The Morgan fingerprint density at radius 3 is 2.64 bits per heavy atom. The van der Waals surface area contributed by atoms with Gasteiger partial charge in [0, 0.05) is 5.92 Å². The van der Waals surface area contributed by atoms with Crippen LogP contribution in [0.3, 0.4) is 0 Å². The molecule has 0 aromatic carbocycles. The minimum atomic E-state index is -0.505. The van der Waals surface area contributed by atoms with Gasteiger partial charge >= 0.3 is 5.97 Å². The average Bonchev–Trinajstić information content (AvgIpc) is 3.02. The van der Waals surface area contributed by atoms with Crippen molar-refractivity contribution in [2.75, 3.05) is 0 Å². The molecule has 0 aliphatic heterocycles. The number of nitrogens with zero attached hydrogens (tertiary/aromatic N) is 2. The number of aliphatic hydroxyl groups is 1. The van der Waals surface area contributed by atoms with Gasteiger partial charge in [0.2, 0.25) is 5.89 Å². The number of carbonyl (C=O) groups excluding carboxylic acids is 1. The van der Waals surface area contributed by atoms with Gasteiger partial charge in [-0.1, -0.05) is 50.1 Å². The van der Waals surface area contributed by atoms with Crippen LogP contribution in [0.1, 0.15) is 96.2 Å². The van der Waals surface area contributed by atoms with Crippen LogP contribution in [0.5, 0.6) is 0 Å². The molecule has 0 unspecified atom stereocenters. The van der Waals surface area contributed by atoms with Crippen LogP contribution in [-0.2, 0) is 16.1 Å². The summed E-state index contributed by atoms with van der Waals surface area (Å²) in [6, 6.07) is 0. The number of hydrogen-bond acceptors (Lipinski definition) is 6. The molecule has 142 valence electrons. The van der Waals surface area contributed by atoms with E-state index < -0.39 is 5.60 Å². The van der Waals surface area contributed by atoms with Gasteiger partial charge in [-0.15, -0.1) is 0 Å². The summed E-state index contributed by atoms with van der Waals surface area (Å²) in [5, 5.41) is 12.9. The van der Waals surface area contributed by atoms with Crippen molar-refractivity contribution in [1.29, 1.82) is 0 Å². The maximum absolute atomic E-state index is 12.2. The second-order valence-electron chi connectivity index (χ2n) is 8.13. The molecule has 6 nitrogen and oxygen atoms in total. The number of carbonyl (C=O) groups is 1. The van der Waals surface area contributed by atoms with Crippen molar-refractivity contribution in [3.63, 3.8) is 0 Å². The summed E-state index contributed by atoms with van der Waals surface area (Å²) in [4.78, 5) is 16.4. The Balaban J connectivity index is 1.92. The number of aromatic nitrogens is 2. The first-order chi connectivity index (χ1) is 11.9. The molecule has 1 aromatic rings. The van der Waals surface area contributed by atoms with Crippen LogP contribution in [0.25, 0.3) is 0 Å². The highest BCUT2D eigenvalue weighted by Crippen LogP contribution is 2.31. The summed E-state index contributed by atoms with van der Waals surface area (Å²) in [7, 11) is 0. The molecule has 0 spiro atoms. The summed E-state index contributed by atoms with van der Waals surface area (Å²) in [6.45, 7) is 5.32. The van der Waals surface area contributed by atoms with Crippen molar-refractivity contribution in [3.8, 4) is 0 Å². The lowest BCUT2D eigenvalue weighted by Crippen LogP contribution is -2.25. The number of hydrogen-bond donors (Lipinski definition) is 1. The number of esters is 1. The number of aliphatic hydroxyl groups excluding tert-OH is 1. The summed E-state index contributed by atoms with van der Waals surface area (Å²) in [5.41, 5.74) is -0.505. The Bertz CT molecular complexity index is 530. The highest BCUT2D eigenvalue weighted by molar-refractivity contribution is 5.70. The normalized spacial score (nSPS) is 17.4. The third kappa shape index (κ3) is 7.14. The van der Waals surface area contributed by atoms with Crippen molar-refractivity contribution >= 4 is 5.97 Å². The maximum atomic E-state index is 12.2. The molecule has 1 aromatic heterocycles. The second-order valence-corrected chi connectivity index (χ2v) is 8.13. The Hall–Kier alpha value is -1.43. The molecule has 1 N–H and O–H groups in total. The number of rotatable bonds is 8. The molecule has 1 atom stereocenters. The third-order valence-electron chi connectivity index (χ3n) is 4.70. The van der Waals surface area contributed by atoms with Crippen molar-refractivity contribution in [2.45, 2.75) is 96.7 Å². The average molecular weight is 352 g/mol. The molecule has 1 heterocycles. The van der Waals surface area contributed by atoms with E-state index in [0.717, 1.165) is 18.8 Å². The van der Waals surface area contributed by atoms with Gasteiger partial charge in [0.25, 0.3) is 0 Å². The van der Waals surface area contributed by atoms with Gasteiger partial charge in [0.15, 0.2) is 5.82 Å². The first-order valence-corrected chi connectivity index (χ1v) is 9.52. The summed E-state index contributed by atoms with van der Waals surface area (Å²) in [5.74, 6) is 1.10. The molecular formula is C19H32N2O4. The van der Waals surface area contributed by atoms with Gasteiger partial charge in [-0.3, -0.25) is 4.79 Å². The SMILES string of the molecule is CC(C)(C)OC(=O)C[C@@H](CCCC1CCCCC1)c1nc(CO)no1. The van der Waals surface area contributed by atoms with Crippen LogP contribution < -0.4 is 0 Å². The predicted molar refractivity (Wildman–Crippen MR) is 93.8 cm³/mol. The Labute approximate surface area is 150 Å². The van der Waals surface area contributed by atoms with Gasteiger partial charge in [-0.05, 0) is 33.1 Å². The summed E-state index contributed by atoms with van der Waals surface area (Å²) >= 11 is 0. The van der Waals surface area contributed by atoms with Gasteiger partial charge in [-0.2, -0.15) is 4.98 Å². The molecule has 0 amide bonds. The standard InChI is InChI=1S/C19H32N2O4/c1-19(2,3)24-17(23)12-15(18-20-16(13-22)21-25-18)11-7-10-14-8-5-4-6-9-14/h14-15,22H,4-13H2,1-3H3/t15-/m1/s1. The molecule has 1 aliphatic carbocycles. The Kier molecular flexibility index (Phi) is 7.41. The van der Waals surface area contributed by atoms with Crippen LogP contribution in [0.4, 0.5) is 0 Å². The minimum absolute atomic E-state index is 0.147. The van der Waals surface area contributed by atoms with Gasteiger partial charge in [0.1, 0.15) is 12.2 Å². The van der Waals surface area contributed by atoms with E-state index in [2.05, 4.69) is 10.1 Å². The van der Waals surface area contributed by atoms with Crippen LogP contribution in [-0.4, -0.2) is 26.8 Å². The van der Waals surface area contributed by atoms with E-state index in [1.54, 1.807) is 0 Å². The van der Waals surface area contributed by atoms with Crippen LogP contribution in [0.15, 0.2) is 4.52 Å². The molecular weight excluding hydrogens is 320 g/mol. The molecule has 6 heteroatoms. The number of ether oxygens (including phenoxy) is 1. The fourth-order valence-corrected chi connectivity index (χ4v) is 3.52. The molecule has 0 radical (unpaired) electrons. The Morgan fingerprint density at radius 2 is 2.04 bits per heavy atom. The van der Waals surface area contributed by atoms with Gasteiger partial charge < -0.3 is 14.4 Å². The van der Waals surface area contributed by atoms with Crippen LogP contribution >= 0.6 is 0 Å². The largest absolute Gasteiger partial charge is 0.460 e. The first kappa shape index (κ1) is 19.9. The smallest absolute Gasteiger partial charge is 0.307 e. The molecule has 1 fully saturated rings. The molecule has 2 rings (SSSR count). The highest BCUT2D eigenvalue weighted by atomic mass is 16.6. The van der Waals surface area contributed by atoms with E-state index in [-0.39, 0.29) is 30.7 Å². The molecule has 0 bridgehead atoms. The van der Waals surface area contributed by atoms with Gasteiger partial charge in [0.05, 0.1) is 6.42 Å². The lowest BCUT2D eigenvalue weighted by molar-refractivity contribution is -0.155. The van der Waals surface area contributed by atoms with Crippen LogP contribution in [0.2, 0.25) is 0 Å². The Morgan fingerprint density at radius 1 is 1.32 bits per heavy atom. The monoisotopic (exact) mass is 352 g/mol. The van der Waals surface area contributed by atoms with Gasteiger partial charge in [-0.25, -0.2) is 0 Å². The van der Waals surface area contributed by atoms with E-state index >= 15 is 0 Å². The van der Waals surface area contributed by atoms with E-state index in [0.29, 0.717) is 5.89 Å². The van der Waals surface area contributed by atoms with Crippen molar-refractivity contribution < 1.29 is 19.2 Å². The lowest BCUT2D eigenvalue weighted by Gasteiger charge is -2.23. The maximum Gasteiger partial charge on any atom is 0.307 e. The molecule has 1 saturated carbocycles. The van der Waals surface area contributed by atoms with E-state index in [1.165, 1.54) is 38.5 Å². The topological polar surface area (TPSA) is 85.5 Å². The summed E-state index contributed by atoms with van der Waals surface area (Å²) < 4.78 is 10.7. The van der Waals surface area contributed by atoms with Crippen molar-refractivity contribution in [2.24, 2.45) is 5.92 Å². The minimum Gasteiger partial charge on any atom is -0.460 e. The zero-order valence-electron chi connectivity index (χ0n) is 15.8. The second kappa shape index (κ2) is 9.32. The lowest BCUT2D eigenvalue weighted by atomic mass is 9.84. The molecule has 25 heavy (non-hydrogen) atoms. The van der Waals surface area contributed by atoms with E-state index in [4.69, 9.17) is 14.4 Å². The summed E-state index contributed by atoms with van der Waals surface area (Å²) in [6.07, 6.45) is 9.98. The fourth-order valence-electron chi connectivity index (χ4n) is 3.52. The van der Waals surface area contributed by atoms with Crippen molar-refractivity contribution in [3.05, 3.63) is 11.7 Å². The van der Waals surface area contributed by atoms with E-state index in [9.17, 15) is 4.79 Å². The first-order valence-electron chi connectivity index (χ1n) is 9.52. The molecule has 1 aliphatic rings. The highest BCUT2D eigenvalue weighted by Gasteiger charge is 2.26. The zero-order chi connectivity index (χ0) is 18.3.